The number of unbranched alkanes of at least 4 members (excludes halogenated alkanes) is 1. The first-order valence-corrected chi connectivity index (χ1v) is 14.3. The number of benzene rings is 2. The lowest BCUT2D eigenvalue weighted by Crippen LogP contribution is -2.41. The number of rotatable bonds is 11. The second-order valence-electron chi connectivity index (χ2n) is 8.74. The Hall–Kier alpha value is -4.20. The maximum Gasteiger partial charge on any atom is 0.338 e. The Labute approximate surface area is 244 Å². The zero-order chi connectivity index (χ0) is 30.9. The van der Waals surface area contributed by atoms with Gasteiger partial charge in [0.1, 0.15) is 11.4 Å². The summed E-state index contributed by atoms with van der Waals surface area (Å²) >= 11 is 0. The van der Waals surface area contributed by atoms with Crippen LogP contribution in [0.15, 0.2) is 54.6 Å². The molecule has 1 heterocycles. The van der Waals surface area contributed by atoms with Crippen LogP contribution in [0.1, 0.15) is 93.3 Å². The molecule has 0 spiro atoms. The van der Waals surface area contributed by atoms with Crippen molar-refractivity contribution in [2.45, 2.75) is 73.8 Å². The number of pyridine rings is 1. The quantitative estimate of drug-likeness (QED) is 0.181. The van der Waals surface area contributed by atoms with Crippen LogP contribution in [-0.2, 0) is 16.0 Å². The lowest BCUT2D eigenvalue weighted by molar-refractivity contribution is -0.118. The molecule has 8 nitrogen and oxygen atoms in total. The fourth-order valence-corrected chi connectivity index (χ4v) is 3.92. The van der Waals surface area contributed by atoms with Gasteiger partial charge in [-0.05, 0) is 68.1 Å². The number of amides is 1. The molecule has 3 aromatic rings. The second kappa shape index (κ2) is 18.2. The molecule has 1 aromatic heterocycles. The highest BCUT2D eigenvalue weighted by Gasteiger charge is 2.23. The fourth-order valence-electron chi connectivity index (χ4n) is 3.92. The van der Waals surface area contributed by atoms with E-state index in [0.29, 0.717) is 10.9 Å². The summed E-state index contributed by atoms with van der Waals surface area (Å²) in [5.41, 5.74) is 3.24. The van der Waals surface area contributed by atoms with E-state index >= 15 is 0 Å². The molecule has 3 rings (SSSR count). The van der Waals surface area contributed by atoms with Gasteiger partial charge >= 0.3 is 5.97 Å². The number of carbonyl (C=O) groups is 3. The molecule has 0 bridgehead atoms. The molecule has 0 aliphatic rings. The number of ether oxygens (including phenoxy) is 1. The molecule has 1 amide bonds. The van der Waals surface area contributed by atoms with Crippen molar-refractivity contribution in [2.75, 3.05) is 13.7 Å². The molecule has 41 heavy (non-hydrogen) atoms. The standard InChI is InChI=1S/C29H33N3O5.2C2H6/c1-5-7-14-37-29(36)23-17-27(31-25-13-10-20(16-22(23)25)24(6-2)30-4)28(35)32-26(18(3)33)15-19-8-11-21(34)12-9-19;2*1-2/h6,8-13,16-17,26,30,34H,5,7,14-15H2,1-4H3,(H,32,35);2*1-2H3/b24-6-;;. The van der Waals surface area contributed by atoms with Gasteiger partial charge in [-0.1, -0.05) is 65.3 Å². The van der Waals surface area contributed by atoms with Gasteiger partial charge in [0.25, 0.3) is 5.91 Å². The highest BCUT2D eigenvalue weighted by atomic mass is 16.5. The highest BCUT2D eigenvalue weighted by Crippen LogP contribution is 2.24. The molecular formula is C33H45N3O5. The summed E-state index contributed by atoms with van der Waals surface area (Å²) in [6, 6.07) is 12.5. The Balaban J connectivity index is 0.00000201. The molecule has 0 fully saturated rings. The molecule has 0 saturated carbocycles. The van der Waals surface area contributed by atoms with Gasteiger partial charge in [-0.3, -0.25) is 9.59 Å². The monoisotopic (exact) mass is 563 g/mol. The minimum Gasteiger partial charge on any atom is -0.508 e. The van der Waals surface area contributed by atoms with Crippen molar-refractivity contribution in [3.63, 3.8) is 0 Å². The third kappa shape index (κ3) is 10.0. The Bertz CT molecular complexity index is 1320. The normalized spacial score (nSPS) is 11.3. The van der Waals surface area contributed by atoms with Crippen LogP contribution in [0.4, 0.5) is 0 Å². The Morgan fingerprint density at radius 2 is 1.68 bits per heavy atom. The Morgan fingerprint density at radius 1 is 1.02 bits per heavy atom. The number of hydrogen-bond donors (Lipinski definition) is 3. The molecule has 2 aromatic carbocycles. The van der Waals surface area contributed by atoms with E-state index in [9.17, 15) is 19.5 Å². The average molecular weight is 564 g/mol. The molecule has 0 radical (unpaired) electrons. The summed E-state index contributed by atoms with van der Waals surface area (Å²) in [6.45, 7) is 13.6. The number of phenols is 1. The minimum absolute atomic E-state index is 0.0134. The predicted molar refractivity (Wildman–Crippen MR) is 166 cm³/mol. The largest absolute Gasteiger partial charge is 0.508 e. The molecule has 1 unspecified atom stereocenters. The maximum absolute atomic E-state index is 13.2. The molecule has 3 N–H and O–H groups in total. The number of phenolic OH excluding ortho intramolecular Hbond substituents is 1. The van der Waals surface area contributed by atoms with E-state index in [-0.39, 0.29) is 35.8 Å². The number of fused-ring (bicyclic) bond motifs is 1. The molecule has 8 heteroatoms. The number of nitrogens with zero attached hydrogens (tertiary/aromatic N) is 1. The first kappa shape index (κ1) is 34.8. The van der Waals surface area contributed by atoms with Crippen molar-refractivity contribution in [3.8, 4) is 5.75 Å². The van der Waals surface area contributed by atoms with Crippen LogP contribution in [0.5, 0.6) is 5.75 Å². The van der Waals surface area contributed by atoms with Crippen LogP contribution < -0.4 is 10.6 Å². The summed E-state index contributed by atoms with van der Waals surface area (Å²) in [5, 5.41) is 15.9. The number of ketones is 1. The van der Waals surface area contributed by atoms with Gasteiger partial charge in [0.05, 0.1) is 23.7 Å². The van der Waals surface area contributed by atoms with Gasteiger partial charge in [0.2, 0.25) is 0 Å². The number of allylic oxidation sites excluding steroid dienone is 1. The van der Waals surface area contributed by atoms with Crippen molar-refractivity contribution in [2.24, 2.45) is 0 Å². The molecule has 1 atom stereocenters. The molecule has 222 valence electrons. The number of esters is 1. The van der Waals surface area contributed by atoms with Crippen LogP contribution in [-0.4, -0.2) is 47.4 Å². The molecule has 0 saturated heterocycles. The van der Waals surface area contributed by atoms with Crippen molar-refractivity contribution >= 4 is 34.3 Å². The zero-order valence-electron chi connectivity index (χ0n) is 25.6. The summed E-state index contributed by atoms with van der Waals surface area (Å²) in [5.74, 6) is -1.22. The average Bonchev–Trinajstić information content (AvgIpc) is 2.99. The third-order valence-corrected chi connectivity index (χ3v) is 6.03. The van der Waals surface area contributed by atoms with E-state index in [4.69, 9.17) is 4.74 Å². The third-order valence-electron chi connectivity index (χ3n) is 6.03. The number of nitrogens with one attached hydrogen (secondary N) is 2. The van der Waals surface area contributed by atoms with E-state index < -0.39 is 17.9 Å². The van der Waals surface area contributed by atoms with E-state index in [2.05, 4.69) is 15.6 Å². The summed E-state index contributed by atoms with van der Waals surface area (Å²) in [6.07, 6.45) is 3.78. The predicted octanol–water partition coefficient (Wildman–Crippen LogP) is 6.46. The number of aromatic nitrogens is 1. The second-order valence-corrected chi connectivity index (χ2v) is 8.74. The number of hydrogen-bond acceptors (Lipinski definition) is 7. The lowest BCUT2D eigenvalue weighted by atomic mass is 10.0. The van der Waals surface area contributed by atoms with Crippen molar-refractivity contribution in [1.29, 1.82) is 0 Å². The first-order valence-electron chi connectivity index (χ1n) is 14.3. The van der Waals surface area contributed by atoms with Gasteiger partial charge in [0, 0.05) is 18.1 Å². The van der Waals surface area contributed by atoms with Crippen molar-refractivity contribution in [3.05, 3.63) is 77.0 Å². The van der Waals surface area contributed by atoms with Crippen LogP contribution in [0.25, 0.3) is 16.6 Å². The molecule has 0 aliphatic heterocycles. The number of carbonyl (C=O) groups excluding carboxylic acids is 3. The first-order chi connectivity index (χ1) is 19.8. The SMILES string of the molecule is C/C=C(\NC)c1ccc2nc(C(=O)NC(Cc3ccc(O)cc3)C(C)=O)cc(C(=O)OCCCC)c2c1.CC.CC. The zero-order valence-corrected chi connectivity index (χ0v) is 25.6. The van der Waals surface area contributed by atoms with E-state index in [1.54, 1.807) is 18.2 Å². The Morgan fingerprint density at radius 3 is 2.24 bits per heavy atom. The minimum atomic E-state index is -0.801. The van der Waals surface area contributed by atoms with Gasteiger partial charge in [-0.2, -0.15) is 0 Å². The summed E-state index contributed by atoms with van der Waals surface area (Å²) in [7, 11) is 1.81. The highest BCUT2D eigenvalue weighted by molar-refractivity contribution is 6.07. The maximum atomic E-state index is 13.2. The van der Waals surface area contributed by atoms with E-state index in [0.717, 1.165) is 29.7 Å². The van der Waals surface area contributed by atoms with Gasteiger partial charge in [-0.15, -0.1) is 0 Å². The molecule has 0 aliphatic carbocycles. The summed E-state index contributed by atoms with van der Waals surface area (Å²) < 4.78 is 5.47. The van der Waals surface area contributed by atoms with Crippen molar-refractivity contribution < 1.29 is 24.2 Å². The van der Waals surface area contributed by atoms with Gasteiger partial charge in [0.15, 0.2) is 5.78 Å². The van der Waals surface area contributed by atoms with Crippen LogP contribution in [0.2, 0.25) is 0 Å². The topological polar surface area (TPSA) is 118 Å². The lowest BCUT2D eigenvalue weighted by Gasteiger charge is -2.17. The van der Waals surface area contributed by atoms with Gasteiger partial charge < -0.3 is 20.5 Å². The molecular weight excluding hydrogens is 518 g/mol. The summed E-state index contributed by atoms with van der Waals surface area (Å²) in [4.78, 5) is 43.1. The number of aromatic hydroxyl groups is 1. The van der Waals surface area contributed by atoms with E-state index in [1.165, 1.54) is 25.1 Å². The van der Waals surface area contributed by atoms with Crippen LogP contribution in [0, 0.1) is 0 Å². The number of Topliss-reactive ketones (excluding diaryl/α,β-unsaturated/α-hetero) is 1. The van der Waals surface area contributed by atoms with Gasteiger partial charge in [-0.25, -0.2) is 9.78 Å². The fraction of sp³-hybridized carbons (Fsp3) is 0.394. The Kier molecular flexibility index (Phi) is 15.5. The smallest absolute Gasteiger partial charge is 0.338 e. The van der Waals surface area contributed by atoms with Crippen LogP contribution in [0.3, 0.4) is 0 Å². The van der Waals surface area contributed by atoms with Crippen LogP contribution >= 0.6 is 0 Å². The van der Waals surface area contributed by atoms with Crippen molar-refractivity contribution in [1.82, 2.24) is 15.6 Å². The van der Waals surface area contributed by atoms with E-state index in [1.807, 2.05) is 66.8 Å².